The van der Waals surface area contributed by atoms with Crippen molar-refractivity contribution in [3.05, 3.63) is 0 Å². The second kappa shape index (κ2) is 8.48. The zero-order chi connectivity index (χ0) is 15.9. The number of carbonyl (C=O) groups excluding carboxylic acids is 2. The van der Waals surface area contributed by atoms with Crippen molar-refractivity contribution < 1.29 is 14.3 Å². The van der Waals surface area contributed by atoms with Crippen LogP contribution in [0.5, 0.6) is 0 Å². The topological polar surface area (TPSA) is 61.9 Å². The van der Waals surface area contributed by atoms with Crippen molar-refractivity contribution in [3.8, 4) is 0 Å². The van der Waals surface area contributed by atoms with Gasteiger partial charge in [0.25, 0.3) is 0 Å². The third kappa shape index (κ3) is 5.25. The van der Waals surface area contributed by atoms with E-state index in [2.05, 4.69) is 24.1 Å². The molecule has 0 aliphatic carbocycles. The number of rotatable bonds is 5. The molecule has 2 rings (SSSR count). The van der Waals surface area contributed by atoms with Gasteiger partial charge in [-0.15, -0.1) is 0 Å². The van der Waals surface area contributed by atoms with E-state index in [0.29, 0.717) is 25.7 Å². The van der Waals surface area contributed by atoms with Crippen molar-refractivity contribution in [1.29, 1.82) is 0 Å². The van der Waals surface area contributed by atoms with Gasteiger partial charge in [-0.1, -0.05) is 13.8 Å². The Kier molecular flexibility index (Phi) is 6.64. The number of hydrogen-bond donors (Lipinski definition) is 1. The number of morpholine rings is 1. The Morgan fingerprint density at radius 1 is 1.14 bits per heavy atom. The highest BCUT2D eigenvalue weighted by Crippen LogP contribution is 2.20. The molecule has 0 spiro atoms. The van der Waals surface area contributed by atoms with Crippen LogP contribution in [-0.2, 0) is 14.3 Å². The number of amides is 2. The fourth-order valence-electron chi connectivity index (χ4n) is 2.96. The number of piperidine rings is 1. The molecule has 0 aromatic rings. The van der Waals surface area contributed by atoms with E-state index in [0.717, 1.165) is 45.6 Å². The van der Waals surface area contributed by atoms with Gasteiger partial charge < -0.3 is 15.0 Å². The first-order chi connectivity index (χ1) is 10.6. The summed E-state index contributed by atoms with van der Waals surface area (Å²) in [6.45, 7) is 9.75. The summed E-state index contributed by atoms with van der Waals surface area (Å²) in [5, 5.41) is 2.95. The molecule has 2 fully saturated rings. The van der Waals surface area contributed by atoms with Gasteiger partial charge in [0.1, 0.15) is 0 Å². The Bertz CT molecular complexity index is 373. The Morgan fingerprint density at radius 3 is 2.36 bits per heavy atom. The van der Waals surface area contributed by atoms with E-state index in [-0.39, 0.29) is 17.7 Å². The van der Waals surface area contributed by atoms with Gasteiger partial charge in [0, 0.05) is 25.6 Å². The molecule has 6 heteroatoms. The third-order valence-corrected chi connectivity index (χ3v) is 4.33. The molecule has 0 aromatic heterocycles. The second-order valence-corrected chi connectivity index (χ2v) is 6.69. The molecular weight excluding hydrogens is 282 g/mol. The molecule has 0 saturated carbocycles. The van der Waals surface area contributed by atoms with E-state index in [1.165, 1.54) is 0 Å². The number of likely N-dealkylation sites (tertiary alicyclic amines) is 1. The first-order valence-electron chi connectivity index (χ1n) is 8.42. The summed E-state index contributed by atoms with van der Waals surface area (Å²) >= 11 is 0. The van der Waals surface area contributed by atoms with Crippen LogP contribution in [0, 0.1) is 11.8 Å². The molecule has 2 aliphatic rings. The number of hydrogen-bond acceptors (Lipinski definition) is 4. The van der Waals surface area contributed by atoms with Gasteiger partial charge in [0.15, 0.2) is 0 Å². The number of nitrogens with one attached hydrogen (secondary N) is 1. The largest absolute Gasteiger partial charge is 0.378 e. The highest BCUT2D eigenvalue weighted by Gasteiger charge is 2.29. The van der Waals surface area contributed by atoms with Gasteiger partial charge in [-0.3, -0.25) is 14.5 Å². The van der Waals surface area contributed by atoms with Gasteiger partial charge >= 0.3 is 0 Å². The lowest BCUT2D eigenvalue weighted by atomic mass is 9.95. The zero-order valence-corrected chi connectivity index (χ0v) is 13.8. The highest BCUT2D eigenvalue weighted by atomic mass is 16.5. The first kappa shape index (κ1) is 17.2. The van der Waals surface area contributed by atoms with E-state index in [9.17, 15) is 9.59 Å². The van der Waals surface area contributed by atoms with E-state index >= 15 is 0 Å². The van der Waals surface area contributed by atoms with Crippen LogP contribution < -0.4 is 5.32 Å². The van der Waals surface area contributed by atoms with Crippen LogP contribution in [-0.4, -0.2) is 74.1 Å². The van der Waals surface area contributed by atoms with Gasteiger partial charge in [-0.2, -0.15) is 0 Å². The van der Waals surface area contributed by atoms with Gasteiger partial charge in [-0.05, 0) is 31.8 Å². The van der Waals surface area contributed by atoms with E-state index in [1.807, 2.05) is 4.90 Å². The predicted molar refractivity (Wildman–Crippen MR) is 84.4 cm³/mol. The Morgan fingerprint density at radius 2 is 1.77 bits per heavy atom. The lowest BCUT2D eigenvalue weighted by Crippen LogP contribution is -2.48. The quantitative estimate of drug-likeness (QED) is 0.795. The summed E-state index contributed by atoms with van der Waals surface area (Å²) < 4.78 is 5.29. The normalized spacial score (nSPS) is 21.1. The predicted octanol–water partition coefficient (Wildman–Crippen LogP) is 0.329. The molecule has 6 nitrogen and oxygen atoms in total. The second-order valence-electron chi connectivity index (χ2n) is 6.69. The molecule has 0 atom stereocenters. The Labute approximate surface area is 133 Å². The van der Waals surface area contributed by atoms with Crippen LogP contribution in [0.1, 0.15) is 26.7 Å². The molecule has 2 heterocycles. The maximum atomic E-state index is 12.4. The van der Waals surface area contributed by atoms with Crippen LogP contribution in [0.4, 0.5) is 0 Å². The molecule has 0 radical (unpaired) electrons. The number of ether oxygens (including phenoxy) is 1. The summed E-state index contributed by atoms with van der Waals surface area (Å²) in [6, 6.07) is 0. The van der Waals surface area contributed by atoms with E-state index in [1.54, 1.807) is 0 Å². The molecule has 0 bridgehead atoms. The zero-order valence-electron chi connectivity index (χ0n) is 13.8. The lowest BCUT2D eigenvalue weighted by molar-refractivity contribution is -0.141. The Hall–Kier alpha value is -1.14. The van der Waals surface area contributed by atoms with E-state index in [4.69, 9.17) is 4.74 Å². The minimum absolute atomic E-state index is 0.0895. The standard InChI is InChI=1S/C16H29N3O3/c1-13(2)11-17-15(20)12-18-5-3-14(4-6-18)16(21)19-7-9-22-10-8-19/h13-14H,3-12H2,1-2H3,(H,17,20). The van der Waals surface area contributed by atoms with Crippen LogP contribution in [0.15, 0.2) is 0 Å². The summed E-state index contributed by atoms with van der Waals surface area (Å²) in [7, 11) is 0. The van der Waals surface area contributed by atoms with Crippen molar-refractivity contribution in [3.63, 3.8) is 0 Å². The molecule has 1 N–H and O–H groups in total. The molecule has 126 valence electrons. The average molecular weight is 311 g/mol. The van der Waals surface area contributed by atoms with E-state index < -0.39 is 0 Å². The van der Waals surface area contributed by atoms with Crippen molar-refractivity contribution >= 4 is 11.8 Å². The summed E-state index contributed by atoms with van der Waals surface area (Å²) in [5.74, 6) is 0.952. The van der Waals surface area contributed by atoms with Crippen molar-refractivity contribution in [2.75, 3.05) is 52.5 Å². The van der Waals surface area contributed by atoms with Crippen molar-refractivity contribution in [2.24, 2.45) is 11.8 Å². The fourth-order valence-corrected chi connectivity index (χ4v) is 2.96. The summed E-state index contributed by atoms with van der Waals surface area (Å²) in [5.41, 5.74) is 0. The third-order valence-electron chi connectivity index (χ3n) is 4.33. The molecular formula is C16H29N3O3. The maximum absolute atomic E-state index is 12.4. The fraction of sp³-hybridized carbons (Fsp3) is 0.875. The minimum atomic E-state index is 0.0895. The van der Waals surface area contributed by atoms with Gasteiger partial charge in [-0.25, -0.2) is 0 Å². The molecule has 2 amide bonds. The van der Waals surface area contributed by atoms with Crippen LogP contribution in [0.3, 0.4) is 0 Å². The summed E-state index contributed by atoms with van der Waals surface area (Å²) in [6.07, 6.45) is 1.71. The number of nitrogens with zero attached hydrogens (tertiary/aromatic N) is 2. The highest BCUT2D eigenvalue weighted by molar-refractivity contribution is 5.79. The van der Waals surface area contributed by atoms with Gasteiger partial charge in [0.05, 0.1) is 19.8 Å². The van der Waals surface area contributed by atoms with Crippen molar-refractivity contribution in [1.82, 2.24) is 15.1 Å². The monoisotopic (exact) mass is 311 g/mol. The van der Waals surface area contributed by atoms with Crippen molar-refractivity contribution in [2.45, 2.75) is 26.7 Å². The lowest BCUT2D eigenvalue weighted by Gasteiger charge is -2.35. The maximum Gasteiger partial charge on any atom is 0.234 e. The molecule has 22 heavy (non-hydrogen) atoms. The molecule has 2 aliphatic heterocycles. The van der Waals surface area contributed by atoms with Crippen LogP contribution >= 0.6 is 0 Å². The van der Waals surface area contributed by atoms with Crippen LogP contribution in [0.2, 0.25) is 0 Å². The molecule has 2 saturated heterocycles. The molecule has 0 aromatic carbocycles. The smallest absolute Gasteiger partial charge is 0.234 e. The Balaban J connectivity index is 1.68. The van der Waals surface area contributed by atoms with Crippen LogP contribution in [0.25, 0.3) is 0 Å². The number of carbonyl (C=O) groups is 2. The first-order valence-corrected chi connectivity index (χ1v) is 8.42. The average Bonchev–Trinajstić information content (AvgIpc) is 2.54. The molecule has 0 unspecified atom stereocenters. The SMILES string of the molecule is CC(C)CNC(=O)CN1CCC(C(=O)N2CCOCC2)CC1. The minimum Gasteiger partial charge on any atom is -0.378 e. The summed E-state index contributed by atoms with van der Waals surface area (Å²) in [4.78, 5) is 28.3. The van der Waals surface area contributed by atoms with Gasteiger partial charge in [0.2, 0.25) is 11.8 Å².